The molecule has 0 spiro atoms. The molecule has 0 radical (unpaired) electrons. The van der Waals surface area contributed by atoms with Crippen LogP contribution in [0.25, 0.3) is 0 Å². The Hall–Kier alpha value is -1.85. The lowest BCUT2D eigenvalue weighted by Crippen LogP contribution is -2.31. The van der Waals surface area contributed by atoms with E-state index in [0.29, 0.717) is 11.1 Å². The summed E-state index contributed by atoms with van der Waals surface area (Å²) < 4.78 is 44.4. The molecule has 2 aliphatic heterocycles. The molecule has 3 N–H and O–H groups in total. The van der Waals surface area contributed by atoms with Crippen LogP contribution in [0.4, 0.5) is 11.4 Å². The number of anilines is 2. The number of rotatable bonds is 16. The summed E-state index contributed by atoms with van der Waals surface area (Å²) in [6, 6.07) is 16.7. The maximum atomic E-state index is 11.5. The zero-order chi connectivity index (χ0) is 37.5. The lowest BCUT2D eigenvalue weighted by Gasteiger charge is -2.26. The first kappa shape index (κ1) is 41.9. The van der Waals surface area contributed by atoms with E-state index in [9.17, 15) is 16.8 Å². The number of sulfonamides is 1. The number of halogens is 1. The fourth-order valence-electron chi connectivity index (χ4n) is 9.75. The number of benzene rings is 2. The topological polar surface area (TPSA) is 113 Å². The van der Waals surface area contributed by atoms with Crippen LogP contribution in [0.2, 0.25) is 0 Å². The van der Waals surface area contributed by atoms with Gasteiger partial charge in [-0.3, -0.25) is 4.72 Å². The van der Waals surface area contributed by atoms with Crippen molar-refractivity contribution in [3.8, 4) is 0 Å². The number of fused-ring (bicyclic) bond motifs is 2. The van der Waals surface area contributed by atoms with Gasteiger partial charge in [0.15, 0.2) is 0 Å². The second-order valence-electron chi connectivity index (χ2n) is 15.6. The molecular weight excluding hydrogens is 700 g/mol. The Morgan fingerprint density at radius 3 is 1.47 bits per heavy atom. The third-order valence-corrected chi connectivity index (χ3v) is 12.8. The van der Waals surface area contributed by atoms with Crippen LogP contribution in [0.15, 0.2) is 48.5 Å². The van der Waals surface area contributed by atoms with Crippen LogP contribution in [0, 0.1) is 23.7 Å². The molecule has 2 aromatic carbocycles. The summed E-state index contributed by atoms with van der Waals surface area (Å²) >= 11 is 0. The van der Waals surface area contributed by atoms with Gasteiger partial charge in [-0.05, 0) is 97.8 Å². The van der Waals surface area contributed by atoms with Gasteiger partial charge in [0.2, 0.25) is 19.1 Å². The number of piperidine rings is 2. The van der Waals surface area contributed by atoms with E-state index in [1.54, 1.807) is 0 Å². The third-order valence-electron chi connectivity index (χ3n) is 12.2. The van der Waals surface area contributed by atoms with Crippen LogP contribution in [-0.4, -0.2) is 78.4 Å². The summed E-state index contributed by atoms with van der Waals surface area (Å²) in [6.07, 6.45) is 15.3. The fraction of sp³-hybridized carbons (Fsp3) is 0.700. The summed E-state index contributed by atoms with van der Waals surface area (Å²) in [5.74, 6) is 3.21. The van der Waals surface area contributed by atoms with Crippen LogP contribution >= 0.6 is 10.7 Å². The van der Waals surface area contributed by atoms with Gasteiger partial charge in [-0.1, -0.05) is 90.5 Å². The molecule has 2 aliphatic carbocycles. The Morgan fingerprint density at radius 1 is 0.686 bits per heavy atom. The predicted molar refractivity (Wildman–Crippen MR) is 216 cm³/mol. The summed E-state index contributed by atoms with van der Waals surface area (Å²) in [5, 5.41) is 0. The molecule has 6 rings (SSSR count). The van der Waals surface area contributed by atoms with Gasteiger partial charge in [0.1, 0.15) is 0 Å². The number of nitrogen functional groups attached to an aromatic ring is 1. The molecule has 51 heavy (non-hydrogen) atoms. The molecule has 2 saturated carbocycles. The second kappa shape index (κ2) is 18.0. The van der Waals surface area contributed by atoms with Crippen molar-refractivity contribution in [2.45, 2.75) is 103 Å². The average molecular weight is 766 g/mol. The standard InChI is InChI=1S/C20H32N2O2S.C19H30N2.CH3ClO2S/c1-4-6-7-8-12-22-14-18-19(15-22)20(18,5-2)16-10-9-11-17(13-16)21-25(3,23)24;1-3-5-6-7-11-21-13-17-18(14-21)19(17,4-2)15-9-8-10-16(20)12-15;1-5(2,3)4/h9-11,13,18-19,21H,4-8,12,14-15H2,1-3H3;8-10,12,17-18H,3-7,11,13-14,20H2,1-2H3;1H3. The van der Waals surface area contributed by atoms with Gasteiger partial charge in [0, 0.05) is 59.1 Å². The van der Waals surface area contributed by atoms with Crippen LogP contribution in [0.1, 0.15) is 103 Å². The highest BCUT2D eigenvalue weighted by atomic mass is 35.7. The molecule has 4 atom stereocenters. The minimum absolute atomic E-state index is 0.259. The minimum atomic E-state index is -3.23. The first-order valence-corrected chi connectivity index (χ1v) is 24.0. The third kappa shape index (κ3) is 10.9. The highest BCUT2D eigenvalue weighted by Crippen LogP contribution is 2.66. The molecule has 2 aromatic rings. The SMILES string of the molecule is CCCCCCN1CC2C(C1)C2(CC)c1cccc(N)c1.CCCCCCN1CC2C(C1)C2(CC)c1cccc(NS(C)(=O)=O)c1.CS(=O)(=O)Cl. The monoisotopic (exact) mass is 764 g/mol. The van der Waals surface area contributed by atoms with E-state index in [-0.39, 0.29) is 5.41 Å². The highest BCUT2D eigenvalue weighted by Gasteiger charge is 2.68. The van der Waals surface area contributed by atoms with Gasteiger partial charge in [0.05, 0.1) is 12.5 Å². The van der Waals surface area contributed by atoms with Gasteiger partial charge in [-0.2, -0.15) is 0 Å². The first-order chi connectivity index (χ1) is 24.1. The molecule has 0 amide bonds. The van der Waals surface area contributed by atoms with Gasteiger partial charge >= 0.3 is 0 Å². The van der Waals surface area contributed by atoms with Crippen molar-refractivity contribution in [1.82, 2.24) is 9.80 Å². The first-order valence-electron chi connectivity index (χ1n) is 19.4. The molecule has 0 bridgehead atoms. The quantitative estimate of drug-likeness (QED) is 0.101. The maximum Gasteiger partial charge on any atom is 0.229 e. The number of hydrogen-bond acceptors (Lipinski definition) is 7. The number of nitrogens with two attached hydrogens (primary N) is 1. The van der Waals surface area contributed by atoms with Crippen molar-refractivity contribution in [2.75, 3.05) is 62.2 Å². The number of hydrogen-bond donors (Lipinski definition) is 2. The van der Waals surface area contributed by atoms with Crippen molar-refractivity contribution in [2.24, 2.45) is 23.7 Å². The zero-order valence-corrected chi connectivity index (χ0v) is 34.4. The Labute approximate surface area is 314 Å². The van der Waals surface area contributed by atoms with Crippen molar-refractivity contribution in [1.29, 1.82) is 0 Å². The Bertz CT molecular complexity index is 1600. The second-order valence-corrected chi connectivity index (χ2v) is 20.4. The Balaban J connectivity index is 0.000000204. The normalized spacial score (nSPS) is 28.1. The average Bonchev–Trinajstić information content (AvgIpc) is 3.64. The van der Waals surface area contributed by atoms with Crippen molar-refractivity contribution >= 4 is 41.1 Å². The van der Waals surface area contributed by atoms with E-state index in [4.69, 9.17) is 5.73 Å². The summed E-state index contributed by atoms with van der Waals surface area (Å²) in [7, 11) is -1.92. The minimum Gasteiger partial charge on any atom is -0.399 e. The fourth-order valence-corrected chi connectivity index (χ4v) is 10.3. The van der Waals surface area contributed by atoms with E-state index in [1.165, 1.54) is 114 Å². The number of nitrogens with one attached hydrogen (secondary N) is 1. The number of nitrogens with zero attached hydrogens (tertiary/aromatic N) is 2. The van der Waals surface area contributed by atoms with E-state index in [2.05, 4.69) is 83.2 Å². The summed E-state index contributed by atoms with van der Waals surface area (Å²) in [4.78, 5) is 5.34. The van der Waals surface area contributed by atoms with E-state index >= 15 is 0 Å². The largest absolute Gasteiger partial charge is 0.399 e. The van der Waals surface area contributed by atoms with Crippen molar-refractivity contribution in [3.63, 3.8) is 0 Å². The molecule has 4 unspecified atom stereocenters. The summed E-state index contributed by atoms with van der Waals surface area (Å²) in [5.41, 5.74) is 11.1. The van der Waals surface area contributed by atoms with E-state index in [0.717, 1.165) is 42.0 Å². The zero-order valence-electron chi connectivity index (χ0n) is 32.0. The maximum absolute atomic E-state index is 11.5. The molecule has 4 fully saturated rings. The van der Waals surface area contributed by atoms with Crippen LogP contribution in [-0.2, 0) is 29.9 Å². The highest BCUT2D eigenvalue weighted by molar-refractivity contribution is 8.13. The molecule has 4 aliphatic rings. The smallest absolute Gasteiger partial charge is 0.229 e. The van der Waals surface area contributed by atoms with Crippen molar-refractivity contribution < 1.29 is 16.8 Å². The number of likely N-dealkylation sites (tertiary alicyclic amines) is 2. The van der Waals surface area contributed by atoms with Gasteiger partial charge < -0.3 is 15.5 Å². The lowest BCUT2D eigenvalue weighted by molar-refractivity contribution is 0.263. The van der Waals surface area contributed by atoms with Gasteiger partial charge in [-0.15, -0.1) is 0 Å². The lowest BCUT2D eigenvalue weighted by atomic mass is 9.87. The van der Waals surface area contributed by atoms with Gasteiger partial charge in [-0.25, -0.2) is 16.8 Å². The van der Waals surface area contributed by atoms with Gasteiger partial charge in [0.25, 0.3) is 0 Å². The molecular formula is C40H65ClN4O4S2. The molecule has 288 valence electrons. The van der Waals surface area contributed by atoms with E-state index in [1.807, 2.05) is 18.2 Å². The summed E-state index contributed by atoms with van der Waals surface area (Å²) in [6.45, 7) is 16.7. The molecule has 2 heterocycles. The van der Waals surface area contributed by atoms with Crippen LogP contribution in [0.5, 0.6) is 0 Å². The Kier molecular flexibility index (Phi) is 14.8. The van der Waals surface area contributed by atoms with E-state index < -0.39 is 19.1 Å². The van der Waals surface area contributed by atoms with Crippen LogP contribution < -0.4 is 10.5 Å². The number of unbranched alkanes of at least 4 members (excludes halogenated alkanes) is 6. The predicted octanol–water partition coefficient (Wildman–Crippen LogP) is 8.09. The van der Waals surface area contributed by atoms with Crippen LogP contribution in [0.3, 0.4) is 0 Å². The Morgan fingerprint density at radius 2 is 1.10 bits per heavy atom. The molecule has 0 aromatic heterocycles. The molecule has 8 nitrogen and oxygen atoms in total. The molecule has 2 saturated heterocycles. The molecule has 11 heteroatoms. The van der Waals surface area contributed by atoms with Crippen molar-refractivity contribution in [3.05, 3.63) is 59.7 Å².